The molecule has 196 valence electrons. The SMILES string of the molecule is C[C@@H]1C[C@H]2O[C@H]1C(=O)O[C@H]1C[C@@H](O[C@H]1[C@H](O)/C=C/[C@H](C)CC(=O)O)[C@@H](O)/C(Cl)=C/C=C\[C@@H](O)[C@@H]2O. The zero-order valence-corrected chi connectivity index (χ0v) is 20.3. The number of esters is 1. The molecule has 11 atom stereocenters. The third-order valence-corrected chi connectivity index (χ3v) is 6.85. The van der Waals surface area contributed by atoms with Crippen molar-refractivity contribution in [3.05, 3.63) is 35.4 Å². The van der Waals surface area contributed by atoms with Gasteiger partial charge in [-0.05, 0) is 24.3 Å². The maximum absolute atomic E-state index is 13.0. The monoisotopic (exact) mass is 516 g/mol. The van der Waals surface area contributed by atoms with Gasteiger partial charge in [0.2, 0.25) is 0 Å². The molecule has 2 saturated heterocycles. The van der Waals surface area contributed by atoms with Crippen LogP contribution in [-0.2, 0) is 23.8 Å². The van der Waals surface area contributed by atoms with Gasteiger partial charge in [0.15, 0.2) is 6.10 Å². The van der Waals surface area contributed by atoms with Crippen molar-refractivity contribution in [1.82, 2.24) is 0 Å². The molecular formula is C24H33ClO10. The summed E-state index contributed by atoms with van der Waals surface area (Å²) in [6.07, 6.45) is -2.65. The lowest BCUT2D eigenvalue weighted by Crippen LogP contribution is -2.40. The summed E-state index contributed by atoms with van der Waals surface area (Å²) in [6.45, 7) is 3.45. The van der Waals surface area contributed by atoms with Gasteiger partial charge >= 0.3 is 11.9 Å². The molecule has 0 spiro atoms. The second-order valence-corrected chi connectivity index (χ2v) is 9.91. The topological polar surface area (TPSA) is 163 Å². The zero-order chi connectivity index (χ0) is 25.9. The summed E-state index contributed by atoms with van der Waals surface area (Å²) in [6, 6.07) is 0. The molecule has 11 heteroatoms. The second-order valence-electron chi connectivity index (χ2n) is 9.47. The molecule has 3 aliphatic heterocycles. The van der Waals surface area contributed by atoms with Crippen LogP contribution in [-0.4, -0.2) is 92.4 Å². The van der Waals surface area contributed by atoms with Gasteiger partial charge in [-0.3, -0.25) is 4.79 Å². The Labute approximate surface area is 208 Å². The fourth-order valence-electron chi connectivity index (χ4n) is 4.55. The van der Waals surface area contributed by atoms with Crippen LogP contribution in [0.1, 0.15) is 33.1 Å². The smallest absolute Gasteiger partial charge is 0.335 e. The van der Waals surface area contributed by atoms with E-state index in [-0.39, 0.29) is 29.7 Å². The Balaban J connectivity index is 1.86. The van der Waals surface area contributed by atoms with Crippen LogP contribution in [0.3, 0.4) is 0 Å². The van der Waals surface area contributed by atoms with Crippen molar-refractivity contribution in [1.29, 1.82) is 0 Å². The molecule has 10 nitrogen and oxygen atoms in total. The van der Waals surface area contributed by atoms with Crippen molar-refractivity contribution in [2.45, 2.75) is 88.0 Å². The Kier molecular flexibility index (Phi) is 9.50. The van der Waals surface area contributed by atoms with E-state index < -0.39 is 66.9 Å². The third-order valence-electron chi connectivity index (χ3n) is 6.50. The van der Waals surface area contributed by atoms with E-state index in [1.165, 1.54) is 30.4 Å². The highest BCUT2D eigenvalue weighted by Gasteiger charge is 2.48. The first kappa shape index (κ1) is 27.8. The van der Waals surface area contributed by atoms with Crippen molar-refractivity contribution in [3.8, 4) is 0 Å². The van der Waals surface area contributed by atoms with Crippen molar-refractivity contribution in [2.24, 2.45) is 11.8 Å². The molecule has 3 heterocycles. The molecule has 0 unspecified atom stereocenters. The maximum atomic E-state index is 13.0. The number of halogens is 1. The molecule has 4 bridgehead atoms. The number of carbonyl (C=O) groups excluding carboxylic acids is 1. The molecule has 5 N–H and O–H groups in total. The number of carboxylic acids is 1. The van der Waals surface area contributed by atoms with Gasteiger partial charge in [0, 0.05) is 11.5 Å². The van der Waals surface area contributed by atoms with Gasteiger partial charge in [0.1, 0.15) is 36.6 Å². The molecule has 3 rings (SSSR count). The minimum atomic E-state index is -1.31. The van der Waals surface area contributed by atoms with Gasteiger partial charge in [0.05, 0.1) is 18.6 Å². The van der Waals surface area contributed by atoms with Gasteiger partial charge < -0.3 is 39.7 Å². The number of hydrogen-bond acceptors (Lipinski definition) is 9. The van der Waals surface area contributed by atoms with E-state index in [0.29, 0.717) is 6.42 Å². The van der Waals surface area contributed by atoms with E-state index in [1.54, 1.807) is 13.8 Å². The minimum absolute atomic E-state index is 0.0138. The fraction of sp³-hybridized carbons (Fsp3) is 0.667. The van der Waals surface area contributed by atoms with Crippen LogP contribution < -0.4 is 0 Å². The van der Waals surface area contributed by atoms with E-state index in [9.17, 15) is 30.0 Å². The predicted octanol–water partition coefficient (Wildman–Crippen LogP) is 0.652. The van der Waals surface area contributed by atoms with Crippen LogP contribution in [0, 0.1) is 11.8 Å². The highest BCUT2D eigenvalue weighted by atomic mass is 35.5. The normalized spacial score (nSPS) is 42.4. The van der Waals surface area contributed by atoms with E-state index in [0.717, 1.165) is 0 Å². The molecule has 0 aromatic heterocycles. The van der Waals surface area contributed by atoms with E-state index in [4.69, 9.17) is 30.9 Å². The van der Waals surface area contributed by atoms with Gasteiger partial charge in [-0.25, -0.2) is 4.79 Å². The first-order valence-electron chi connectivity index (χ1n) is 11.7. The number of carbonyl (C=O) groups is 2. The summed E-state index contributed by atoms with van der Waals surface area (Å²) in [5.41, 5.74) is 0. The van der Waals surface area contributed by atoms with Crippen LogP contribution in [0.4, 0.5) is 0 Å². The first-order chi connectivity index (χ1) is 16.5. The molecule has 0 saturated carbocycles. The molecule has 0 radical (unpaired) electrons. The average Bonchev–Trinajstić information content (AvgIpc) is 3.38. The highest BCUT2D eigenvalue weighted by molar-refractivity contribution is 6.30. The van der Waals surface area contributed by atoms with Crippen LogP contribution in [0.2, 0.25) is 0 Å². The Morgan fingerprint density at radius 3 is 2.57 bits per heavy atom. The minimum Gasteiger partial charge on any atom is -0.481 e. The number of aliphatic hydroxyl groups is 4. The number of hydrogen-bond donors (Lipinski definition) is 5. The molecular weight excluding hydrogens is 484 g/mol. The summed E-state index contributed by atoms with van der Waals surface area (Å²) in [7, 11) is 0. The molecule has 0 aromatic carbocycles. The summed E-state index contributed by atoms with van der Waals surface area (Å²) < 4.78 is 17.2. The van der Waals surface area contributed by atoms with Crippen molar-refractivity contribution >= 4 is 23.5 Å². The van der Waals surface area contributed by atoms with Gasteiger partial charge in [-0.2, -0.15) is 0 Å². The Morgan fingerprint density at radius 2 is 1.89 bits per heavy atom. The molecule has 0 aliphatic carbocycles. The lowest BCUT2D eigenvalue weighted by Gasteiger charge is -2.25. The van der Waals surface area contributed by atoms with Gasteiger partial charge in [0.25, 0.3) is 0 Å². The number of aliphatic carboxylic acids is 1. The maximum Gasteiger partial charge on any atom is 0.335 e. The molecule has 3 aliphatic rings. The fourth-order valence-corrected chi connectivity index (χ4v) is 4.76. The molecule has 35 heavy (non-hydrogen) atoms. The second kappa shape index (κ2) is 12.0. The summed E-state index contributed by atoms with van der Waals surface area (Å²) >= 11 is 6.21. The Hall–Kier alpha value is -1.79. The van der Waals surface area contributed by atoms with E-state index >= 15 is 0 Å². The molecule has 0 amide bonds. The predicted molar refractivity (Wildman–Crippen MR) is 123 cm³/mol. The number of rotatable bonds is 5. The number of ether oxygens (including phenoxy) is 3. The first-order valence-corrected chi connectivity index (χ1v) is 12.0. The third kappa shape index (κ3) is 6.91. The van der Waals surface area contributed by atoms with Crippen molar-refractivity contribution in [2.75, 3.05) is 0 Å². The molecule has 0 aromatic rings. The lowest BCUT2D eigenvalue weighted by atomic mass is 9.97. The number of aliphatic hydroxyl groups excluding tert-OH is 4. The van der Waals surface area contributed by atoms with Crippen LogP contribution in [0.5, 0.6) is 0 Å². The quantitative estimate of drug-likeness (QED) is 0.259. The highest BCUT2D eigenvalue weighted by Crippen LogP contribution is 2.35. The Bertz CT molecular complexity index is 857. The van der Waals surface area contributed by atoms with Gasteiger partial charge in [-0.15, -0.1) is 0 Å². The standard InChI is InChI=1S/C24H33ClO10/c1-11(8-19(28)29)6-7-15(27)23-18-10-17(34-23)20(30)13(25)4-3-5-14(26)21(31)16-9-12(2)22(33-16)24(32)35-18/h3-7,11-12,14-18,20-23,26-27,30-31H,8-10H2,1-2H3,(H,28,29)/b5-3-,7-6+,13-4-/t11-,12+,14+,15+,16+,17+,18-,20-,21-,22+,23-/m0/s1. The lowest BCUT2D eigenvalue weighted by molar-refractivity contribution is -0.171. The van der Waals surface area contributed by atoms with Crippen LogP contribution >= 0.6 is 11.6 Å². The van der Waals surface area contributed by atoms with E-state index in [2.05, 4.69) is 0 Å². The van der Waals surface area contributed by atoms with Crippen LogP contribution in [0.25, 0.3) is 0 Å². The Morgan fingerprint density at radius 1 is 1.17 bits per heavy atom. The zero-order valence-electron chi connectivity index (χ0n) is 19.5. The van der Waals surface area contributed by atoms with Crippen molar-refractivity contribution < 1.29 is 49.3 Å². The number of allylic oxidation sites excluding steroid dienone is 3. The number of fused-ring (bicyclic) bond motifs is 4. The molecule has 2 fully saturated rings. The van der Waals surface area contributed by atoms with Crippen molar-refractivity contribution in [3.63, 3.8) is 0 Å². The van der Waals surface area contributed by atoms with Gasteiger partial charge in [-0.1, -0.05) is 49.8 Å². The summed E-state index contributed by atoms with van der Waals surface area (Å²) in [5, 5.41) is 51.0. The van der Waals surface area contributed by atoms with E-state index in [1.807, 2.05) is 0 Å². The summed E-state index contributed by atoms with van der Waals surface area (Å²) in [4.78, 5) is 23.9. The number of carboxylic acid groups (broad SMARTS) is 1. The largest absolute Gasteiger partial charge is 0.481 e. The summed E-state index contributed by atoms with van der Waals surface area (Å²) in [5.74, 6) is -2.34. The average molecular weight is 517 g/mol. The van der Waals surface area contributed by atoms with Crippen LogP contribution in [0.15, 0.2) is 35.4 Å².